The van der Waals surface area contributed by atoms with E-state index in [1.165, 1.54) is 4.90 Å². The van der Waals surface area contributed by atoms with Crippen LogP contribution in [0.25, 0.3) is 0 Å². The molecule has 13 heavy (non-hydrogen) atoms. The first kappa shape index (κ1) is 10.3. The lowest BCUT2D eigenvalue weighted by molar-refractivity contribution is -0.178. The van der Waals surface area contributed by atoms with Crippen molar-refractivity contribution in [2.75, 3.05) is 13.2 Å². The normalized spacial score (nSPS) is 32.6. The van der Waals surface area contributed by atoms with Crippen molar-refractivity contribution in [3.8, 4) is 6.07 Å². The molecule has 0 N–H and O–H groups in total. The van der Waals surface area contributed by atoms with Crippen LogP contribution in [-0.4, -0.2) is 35.1 Å². The van der Waals surface area contributed by atoms with Gasteiger partial charge in [0.25, 0.3) is 10.8 Å². The molecule has 0 radical (unpaired) electrons. The predicted molar refractivity (Wildman–Crippen MR) is 47.0 cm³/mol. The summed E-state index contributed by atoms with van der Waals surface area (Å²) in [5.41, 5.74) is 0. The molecular formula is C8H11ClN2O2. The predicted octanol–water partition coefficient (Wildman–Crippen LogP) is 0.712. The highest BCUT2D eigenvalue weighted by Gasteiger charge is 2.61. The van der Waals surface area contributed by atoms with Crippen molar-refractivity contribution in [2.24, 2.45) is 0 Å². The third kappa shape index (κ3) is 1.28. The third-order valence-corrected chi connectivity index (χ3v) is 2.46. The van der Waals surface area contributed by atoms with E-state index in [1.807, 2.05) is 6.92 Å². The Morgan fingerprint density at radius 2 is 2.38 bits per heavy atom. The lowest BCUT2D eigenvalue weighted by Gasteiger charge is -2.47. The Hall–Kier alpha value is -0.790. The summed E-state index contributed by atoms with van der Waals surface area (Å²) in [5, 5.41) is 8.72. The number of hydrogen-bond donors (Lipinski definition) is 0. The van der Waals surface area contributed by atoms with Crippen LogP contribution < -0.4 is 0 Å². The Morgan fingerprint density at radius 3 is 2.77 bits per heavy atom. The largest absolute Gasteiger partial charge is 0.355 e. The van der Waals surface area contributed by atoms with E-state index >= 15 is 0 Å². The monoisotopic (exact) mass is 202 g/mol. The number of rotatable bonds is 3. The van der Waals surface area contributed by atoms with Crippen molar-refractivity contribution in [3.05, 3.63) is 0 Å². The zero-order valence-electron chi connectivity index (χ0n) is 7.58. The Kier molecular flexibility index (Phi) is 2.79. The molecule has 1 heterocycles. The van der Waals surface area contributed by atoms with Crippen LogP contribution in [0.5, 0.6) is 0 Å². The number of amides is 1. The number of nitriles is 1. The molecule has 72 valence electrons. The van der Waals surface area contributed by atoms with Gasteiger partial charge in [0, 0.05) is 13.2 Å². The van der Waals surface area contributed by atoms with Gasteiger partial charge >= 0.3 is 0 Å². The Balaban J connectivity index is 2.79. The van der Waals surface area contributed by atoms with Crippen LogP contribution in [0.3, 0.4) is 0 Å². The second-order valence-electron chi connectivity index (χ2n) is 2.72. The quantitative estimate of drug-likeness (QED) is 0.501. The first-order chi connectivity index (χ1) is 6.11. The molecule has 0 bridgehead atoms. The molecule has 0 spiro atoms. The highest BCUT2D eigenvalue weighted by Crippen LogP contribution is 2.36. The summed E-state index contributed by atoms with van der Waals surface area (Å²) in [6.45, 7) is 4.56. The van der Waals surface area contributed by atoms with Crippen molar-refractivity contribution in [2.45, 2.75) is 24.9 Å². The Bertz CT molecular complexity index is 263. The maximum Gasteiger partial charge on any atom is 0.265 e. The van der Waals surface area contributed by atoms with E-state index in [4.69, 9.17) is 21.6 Å². The highest BCUT2D eigenvalue weighted by atomic mass is 35.5. The van der Waals surface area contributed by atoms with Crippen molar-refractivity contribution < 1.29 is 9.53 Å². The van der Waals surface area contributed by atoms with Crippen LogP contribution >= 0.6 is 11.6 Å². The van der Waals surface area contributed by atoms with Crippen LogP contribution in [0, 0.1) is 11.3 Å². The lowest BCUT2D eigenvalue weighted by Crippen LogP contribution is -2.71. The van der Waals surface area contributed by atoms with Gasteiger partial charge in [0.15, 0.2) is 6.23 Å². The smallest absolute Gasteiger partial charge is 0.265 e. The van der Waals surface area contributed by atoms with E-state index in [1.54, 1.807) is 13.0 Å². The van der Waals surface area contributed by atoms with Crippen molar-refractivity contribution in [1.29, 1.82) is 5.26 Å². The molecule has 1 amide bonds. The number of carbonyl (C=O) groups excluding carboxylic acids is 1. The maximum atomic E-state index is 11.3. The molecule has 0 unspecified atom stereocenters. The molecule has 1 aliphatic heterocycles. The minimum absolute atomic E-state index is 0.363. The van der Waals surface area contributed by atoms with Gasteiger partial charge in [-0.3, -0.25) is 4.79 Å². The van der Waals surface area contributed by atoms with E-state index in [0.29, 0.717) is 13.2 Å². The second kappa shape index (κ2) is 3.52. The third-order valence-electron chi connectivity index (χ3n) is 2.02. The molecular weight excluding hydrogens is 192 g/mol. The second-order valence-corrected chi connectivity index (χ2v) is 3.32. The van der Waals surface area contributed by atoms with Crippen molar-refractivity contribution >= 4 is 17.5 Å². The Labute approximate surface area is 82.0 Å². The first-order valence-corrected chi connectivity index (χ1v) is 4.52. The molecule has 1 fully saturated rings. The number of alkyl halides is 1. The van der Waals surface area contributed by atoms with Crippen LogP contribution in [0.1, 0.15) is 13.8 Å². The highest BCUT2D eigenvalue weighted by molar-refractivity contribution is 6.40. The fraction of sp³-hybridized carbons (Fsp3) is 0.750. The van der Waals surface area contributed by atoms with Crippen molar-refractivity contribution in [1.82, 2.24) is 4.90 Å². The van der Waals surface area contributed by atoms with Gasteiger partial charge in [0.2, 0.25) is 0 Å². The molecule has 0 aromatic carbocycles. The molecule has 1 aliphatic rings. The summed E-state index contributed by atoms with van der Waals surface area (Å²) in [7, 11) is 0. The molecule has 1 rings (SSSR count). The van der Waals surface area contributed by atoms with Crippen LogP contribution in [0.4, 0.5) is 0 Å². The summed E-state index contributed by atoms with van der Waals surface area (Å²) >= 11 is 5.78. The first-order valence-electron chi connectivity index (χ1n) is 4.14. The van der Waals surface area contributed by atoms with Gasteiger partial charge in [-0.1, -0.05) is 11.6 Å². The van der Waals surface area contributed by atoms with Crippen LogP contribution in [-0.2, 0) is 9.53 Å². The van der Waals surface area contributed by atoms with E-state index in [9.17, 15) is 4.79 Å². The summed E-state index contributed by atoms with van der Waals surface area (Å²) in [5.74, 6) is -0.363. The molecule has 0 saturated carbocycles. The van der Waals surface area contributed by atoms with E-state index in [2.05, 4.69) is 0 Å². The number of ether oxygens (including phenoxy) is 1. The molecule has 5 heteroatoms. The van der Waals surface area contributed by atoms with Gasteiger partial charge < -0.3 is 9.64 Å². The van der Waals surface area contributed by atoms with Gasteiger partial charge in [-0.05, 0) is 13.8 Å². The molecule has 2 atom stereocenters. The average Bonchev–Trinajstić information content (AvgIpc) is 2.16. The number of likely N-dealkylation sites (tertiary alicyclic amines) is 1. The van der Waals surface area contributed by atoms with E-state index < -0.39 is 11.1 Å². The van der Waals surface area contributed by atoms with Crippen LogP contribution in [0.2, 0.25) is 0 Å². The average molecular weight is 203 g/mol. The number of halogens is 1. The van der Waals surface area contributed by atoms with Gasteiger partial charge in [-0.25, -0.2) is 0 Å². The van der Waals surface area contributed by atoms with Gasteiger partial charge in [-0.15, -0.1) is 0 Å². The van der Waals surface area contributed by atoms with E-state index in [0.717, 1.165) is 0 Å². The minimum atomic E-state index is -1.49. The summed E-state index contributed by atoms with van der Waals surface area (Å²) in [4.78, 5) is 11.3. The zero-order valence-corrected chi connectivity index (χ0v) is 8.34. The number of hydrogen-bond acceptors (Lipinski definition) is 3. The molecule has 0 aromatic heterocycles. The number of nitrogens with zero attached hydrogens (tertiary/aromatic N) is 2. The summed E-state index contributed by atoms with van der Waals surface area (Å²) < 4.78 is 5.21. The lowest BCUT2D eigenvalue weighted by atomic mass is 9.96. The fourth-order valence-corrected chi connectivity index (χ4v) is 1.63. The molecule has 4 nitrogen and oxygen atoms in total. The topological polar surface area (TPSA) is 53.3 Å². The minimum Gasteiger partial charge on any atom is -0.355 e. The van der Waals surface area contributed by atoms with Crippen LogP contribution in [0.15, 0.2) is 0 Å². The summed E-state index contributed by atoms with van der Waals surface area (Å²) in [6.07, 6.45) is -0.596. The zero-order chi connectivity index (χ0) is 10.1. The SMILES string of the molecule is CCO[C@H]1N(CC)C(=O)[C@@]1(Cl)C#N. The molecule has 0 aliphatic carbocycles. The van der Waals surface area contributed by atoms with Gasteiger partial charge in [0.1, 0.15) is 6.07 Å². The standard InChI is InChI=1S/C8H11ClN2O2/c1-3-11-6(12)8(9,5-10)7(11)13-4-2/h7H,3-4H2,1-2H3/t7-,8+/m1/s1. The van der Waals surface area contributed by atoms with Crippen molar-refractivity contribution in [3.63, 3.8) is 0 Å². The number of β-lactam (4-membered cyclic amide) rings is 1. The van der Waals surface area contributed by atoms with Gasteiger partial charge in [0.05, 0.1) is 0 Å². The number of carbonyl (C=O) groups is 1. The van der Waals surface area contributed by atoms with E-state index in [-0.39, 0.29) is 5.91 Å². The Morgan fingerprint density at radius 1 is 1.77 bits per heavy atom. The maximum absolute atomic E-state index is 11.3. The van der Waals surface area contributed by atoms with Gasteiger partial charge in [-0.2, -0.15) is 5.26 Å². The molecule has 1 saturated heterocycles. The summed E-state index contributed by atoms with van der Waals surface area (Å²) in [6, 6.07) is 1.78. The fourth-order valence-electron chi connectivity index (χ4n) is 1.34. The molecule has 0 aromatic rings.